The molecule has 0 aliphatic rings. The van der Waals surface area contributed by atoms with Gasteiger partial charge in [0.2, 0.25) is 11.8 Å². The predicted molar refractivity (Wildman–Crippen MR) is 141 cm³/mol. The average molecular weight is 490 g/mol. The van der Waals surface area contributed by atoms with Crippen molar-refractivity contribution in [2.75, 3.05) is 6.54 Å². The van der Waals surface area contributed by atoms with Crippen molar-refractivity contribution in [2.45, 2.75) is 118 Å². The number of rotatable bonds is 12. The van der Waals surface area contributed by atoms with Gasteiger partial charge >= 0.3 is 6.09 Å². The van der Waals surface area contributed by atoms with E-state index >= 15 is 0 Å². The first kappa shape index (κ1) is 30.5. The molecule has 1 rings (SSSR count). The van der Waals surface area contributed by atoms with Crippen LogP contribution in [-0.4, -0.2) is 47.0 Å². The number of aryl methyl sites for hydroxylation is 1. The molecule has 0 fully saturated rings. The molecule has 0 aliphatic carbocycles. The lowest BCUT2D eigenvalue weighted by Gasteiger charge is -2.35. The lowest BCUT2D eigenvalue weighted by Crippen LogP contribution is -2.53. The second kappa shape index (κ2) is 14.1. The normalized spacial score (nSPS) is 14.0. The third kappa shape index (κ3) is 9.90. The van der Waals surface area contributed by atoms with Crippen molar-refractivity contribution < 1.29 is 19.1 Å². The molecule has 198 valence electrons. The molecule has 0 aromatic heterocycles. The van der Waals surface area contributed by atoms with Crippen molar-refractivity contribution in [3.8, 4) is 0 Å². The number of alkyl carbamates (subject to hydrolysis) is 1. The Morgan fingerprint density at radius 1 is 1.00 bits per heavy atom. The quantitative estimate of drug-likeness (QED) is 0.375. The Kier molecular flexibility index (Phi) is 12.3. The SMILES string of the molecule is CCCCCN(C(=O)C(C)NC(=O)OC(C)(C)C)C(C(=O)NC(C)CCC)c1cccc(C)c1C. The van der Waals surface area contributed by atoms with Gasteiger partial charge in [0.1, 0.15) is 17.7 Å². The minimum Gasteiger partial charge on any atom is -0.444 e. The third-order valence-corrected chi connectivity index (χ3v) is 6.00. The van der Waals surface area contributed by atoms with Crippen molar-refractivity contribution in [1.82, 2.24) is 15.5 Å². The van der Waals surface area contributed by atoms with Crippen LogP contribution in [0.2, 0.25) is 0 Å². The smallest absolute Gasteiger partial charge is 0.408 e. The minimum atomic E-state index is -0.847. The maximum atomic E-state index is 13.7. The average Bonchev–Trinajstić information content (AvgIpc) is 2.74. The van der Waals surface area contributed by atoms with Crippen LogP contribution < -0.4 is 10.6 Å². The van der Waals surface area contributed by atoms with Crippen LogP contribution >= 0.6 is 0 Å². The van der Waals surface area contributed by atoms with Gasteiger partial charge in [-0.1, -0.05) is 51.3 Å². The number of hydrogen-bond donors (Lipinski definition) is 2. The first-order valence-corrected chi connectivity index (χ1v) is 13.0. The molecule has 0 spiro atoms. The lowest BCUT2D eigenvalue weighted by atomic mass is 9.94. The number of amides is 3. The topological polar surface area (TPSA) is 87.7 Å². The number of benzene rings is 1. The Balaban J connectivity index is 3.40. The van der Waals surface area contributed by atoms with Gasteiger partial charge in [0.25, 0.3) is 0 Å². The summed E-state index contributed by atoms with van der Waals surface area (Å²) in [5.74, 6) is -0.509. The van der Waals surface area contributed by atoms with Crippen molar-refractivity contribution in [2.24, 2.45) is 0 Å². The van der Waals surface area contributed by atoms with E-state index in [0.29, 0.717) is 6.54 Å². The zero-order chi connectivity index (χ0) is 26.8. The Labute approximate surface area is 212 Å². The zero-order valence-corrected chi connectivity index (χ0v) is 23.3. The van der Waals surface area contributed by atoms with Crippen LogP contribution in [-0.2, 0) is 14.3 Å². The van der Waals surface area contributed by atoms with Crippen LogP contribution in [0.25, 0.3) is 0 Å². The standard InChI is InChI=1S/C28H47N3O4/c1-10-12-13-18-31(26(33)22(6)30-27(34)35-28(7,8)9)24(25(32)29-20(4)15-11-2)23-17-14-16-19(3)21(23)5/h14,16-17,20,22,24H,10-13,15,18H2,1-9H3,(H,29,32)(H,30,34). The third-order valence-electron chi connectivity index (χ3n) is 6.00. The molecule has 0 aliphatic heterocycles. The van der Waals surface area contributed by atoms with Gasteiger partial charge in [-0.2, -0.15) is 0 Å². The number of ether oxygens (including phenoxy) is 1. The highest BCUT2D eigenvalue weighted by Crippen LogP contribution is 2.28. The fourth-order valence-electron chi connectivity index (χ4n) is 4.04. The van der Waals surface area contributed by atoms with Gasteiger partial charge in [-0.25, -0.2) is 4.79 Å². The molecule has 35 heavy (non-hydrogen) atoms. The van der Waals surface area contributed by atoms with E-state index in [0.717, 1.165) is 48.8 Å². The summed E-state index contributed by atoms with van der Waals surface area (Å²) < 4.78 is 5.34. The van der Waals surface area contributed by atoms with E-state index in [4.69, 9.17) is 4.74 Å². The molecule has 3 amide bonds. The first-order valence-electron chi connectivity index (χ1n) is 13.0. The molecule has 0 bridgehead atoms. The van der Waals surface area contributed by atoms with Crippen LogP contribution in [0.15, 0.2) is 18.2 Å². The largest absolute Gasteiger partial charge is 0.444 e. The maximum Gasteiger partial charge on any atom is 0.408 e. The predicted octanol–water partition coefficient (Wildman–Crippen LogP) is 5.58. The van der Waals surface area contributed by atoms with Crippen molar-refractivity contribution in [3.63, 3.8) is 0 Å². The summed E-state index contributed by atoms with van der Waals surface area (Å²) in [4.78, 5) is 41.4. The van der Waals surface area contributed by atoms with Crippen LogP contribution in [0.5, 0.6) is 0 Å². The number of hydrogen-bond acceptors (Lipinski definition) is 4. The van der Waals surface area contributed by atoms with E-state index in [-0.39, 0.29) is 17.9 Å². The van der Waals surface area contributed by atoms with Gasteiger partial charge in [0.05, 0.1) is 0 Å². The summed E-state index contributed by atoms with van der Waals surface area (Å²) in [6, 6.07) is 4.20. The second-order valence-electron chi connectivity index (χ2n) is 10.5. The number of unbranched alkanes of at least 4 members (excludes halogenated alkanes) is 2. The van der Waals surface area contributed by atoms with Crippen molar-refractivity contribution in [3.05, 3.63) is 34.9 Å². The second-order valence-corrected chi connectivity index (χ2v) is 10.5. The van der Waals surface area contributed by atoms with Gasteiger partial charge in [0.15, 0.2) is 0 Å². The highest BCUT2D eigenvalue weighted by Gasteiger charge is 2.35. The Bertz CT molecular complexity index is 847. The van der Waals surface area contributed by atoms with Crippen molar-refractivity contribution in [1.29, 1.82) is 0 Å². The highest BCUT2D eigenvalue weighted by atomic mass is 16.6. The Hall–Kier alpha value is -2.57. The van der Waals surface area contributed by atoms with Gasteiger partial charge in [-0.05, 0) is 78.0 Å². The van der Waals surface area contributed by atoms with Crippen molar-refractivity contribution >= 4 is 17.9 Å². The van der Waals surface area contributed by atoms with E-state index in [1.54, 1.807) is 32.6 Å². The van der Waals surface area contributed by atoms with E-state index < -0.39 is 23.8 Å². The fourth-order valence-corrected chi connectivity index (χ4v) is 4.04. The molecule has 1 aromatic rings. The van der Waals surface area contributed by atoms with Gasteiger partial charge < -0.3 is 20.3 Å². The summed E-state index contributed by atoms with van der Waals surface area (Å²) in [7, 11) is 0. The zero-order valence-electron chi connectivity index (χ0n) is 23.3. The van der Waals surface area contributed by atoms with Crippen LogP contribution in [0.3, 0.4) is 0 Å². The molecule has 3 unspecified atom stereocenters. The minimum absolute atomic E-state index is 0.00924. The molecule has 0 saturated carbocycles. The van der Waals surface area contributed by atoms with Gasteiger partial charge in [-0.15, -0.1) is 0 Å². The van der Waals surface area contributed by atoms with E-state index in [9.17, 15) is 14.4 Å². The molecular weight excluding hydrogens is 442 g/mol. The molecule has 2 N–H and O–H groups in total. The Morgan fingerprint density at radius 3 is 2.23 bits per heavy atom. The maximum absolute atomic E-state index is 13.7. The summed E-state index contributed by atoms with van der Waals surface area (Å²) in [6.07, 6.45) is 3.83. The van der Waals surface area contributed by atoms with E-state index in [1.165, 1.54) is 0 Å². The molecule has 1 aromatic carbocycles. The van der Waals surface area contributed by atoms with Gasteiger partial charge in [-0.3, -0.25) is 9.59 Å². The number of nitrogens with zero attached hydrogens (tertiary/aromatic N) is 1. The summed E-state index contributed by atoms with van der Waals surface area (Å²) in [5, 5.41) is 5.77. The highest BCUT2D eigenvalue weighted by molar-refractivity contribution is 5.92. The summed E-state index contributed by atoms with van der Waals surface area (Å²) >= 11 is 0. The molecule has 0 radical (unpaired) electrons. The first-order chi connectivity index (χ1) is 16.3. The van der Waals surface area contributed by atoms with Crippen LogP contribution in [0.1, 0.15) is 103 Å². The van der Waals surface area contributed by atoms with E-state index in [2.05, 4.69) is 24.5 Å². The van der Waals surface area contributed by atoms with E-state index in [1.807, 2.05) is 39.0 Å². The Morgan fingerprint density at radius 2 is 1.66 bits per heavy atom. The molecular formula is C28H47N3O4. The van der Waals surface area contributed by atoms with Crippen LogP contribution in [0.4, 0.5) is 4.79 Å². The van der Waals surface area contributed by atoms with Gasteiger partial charge in [0, 0.05) is 12.6 Å². The monoisotopic (exact) mass is 489 g/mol. The molecule has 0 heterocycles. The molecule has 7 nitrogen and oxygen atoms in total. The summed E-state index contributed by atoms with van der Waals surface area (Å²) in [5.41, 5.74) is 2.17. The number of carbonyl (C=O) groups is 3. The number of carbonyl (C=O) groups excluding carboxylic acids is 3. The summed E-state index contributed by atoms with van der Waals surface area (Å²) in [6.45, 7) is 17.5. The fraction of sp³-hybridized carbons (Fsp3) is 0.679. The molecule has 7 heteroatoms. The molecule has 3 atom stereocenters. The molecule has 0 saturated heterocycles. The number of nitrogens with one attached hydrogen (secondary N) is 2. The van der Waals surface area contributed by atoms with Crippen LogP contribution in [0, 0.1) is 13.8 Å². The lowest BCUT2D eigenvalue weighted by molar-refractivity contribution is -0.142.